The number of nitrogens with zero attached hydrogens (tertiary/aromatic N) is 1. The number of aryl methyl sites for hydroxylation is 1. The molecule has 0 aliphatic carbocycles. The summed E-state index contributed by atoms with van der Waals surface area (Å²) >= 11 is 0. The zero-order valence-corrected chi connectivity index (χ0v) is 23.2. The number of hydrogen-bond donors (Lipinski definition) is 1. The topological polar surface area (TPSA) is 60.3 Å². The van der Waals surface area contributed by atoms with E-state index in [4.69, 9.17) is 4.74 Å². The van der Waals surface area contributed by atoms with E-state index in [2.05, 4.69) is 67.9 Å². The Morgan fingerprint density at radius 1 is 0.974 bits per heavy atom. The van der Waals surface area contributed by atoms with Gasteiger partial charge in [-0.15, -0.1) is 0 Å². The van der Waals surface area contributed by atoms with Gasteiger partial charge in [-0.25, -0.2) is 0 Å². The summed E-state index contributed by atoms with van der Waals surface area (Å²) in [6, 6.07) is 22.2. The zero-order chi connectivity index (χ0) is 27.4. The summed E-state index contributed by atoms with van der Waals surface area (Å²) in [6.07, 6.45) is 1.04. The van der Waals surface area contributed by atoms with Crippen molar-refractivity contribution in [2.75, 3.05) is 0 Å². The standard InChI is InChI=1S/C33H38N2O3/c1-7-29(20-36)38-30-13-8-10-25(16-30)19-35-24(6)22(4)31-18-28(14-15-32(31)35)33(37)34-23(5)27-12-9-11-26(17-27)21(2)3/h8-18,20-21,23,29H,7,19H2,1-6H3,(H,34,37)/t23-,29+/m0/s1. The third-order valence-corrected chi connectivity index (χ3v) is 7.41. The monoisotopic (exact) mass is 510 g/mol. The predicted molar refractivity (Wildman–Crippen MR) is 154 cm³/mol. The number of hydrogen-bond acceptors (Lipinski definition) is 3. The highest BCUT2D eigenvalue weighted by atomic mass is 16.5. The molecule has 0 saturated carbocycles. The van der Waals surface area contributed by atoms with Gasteiger partial charge in [0, 0.05) is 28.7 Å². The molecule has 2 atom stereocenters. The molecule has 0 spiro atoms. The summed E-state index contributed by atoms with van der Waals surface area (Å²) in [4.78, 5) is 24.4. The first-order valence-electron chi connectivity index (χ1n) is 13.4. The van der Waals surface area contributed by atoms with E-state index in [-0.39, 0.29) is 11.9 Å². The molecule has 0 aliphatic rings. The molecule has 5 heteroatoms. The second kappa shape index (κ2) is 11.7. The van der Waals surface area contributed by atoms with E-state index in [1.807, 2.05) is 50.2 Å². The molecule has 38 heavy (non-hydrogen) atoms. The van der Waals surface area contributed by atoms with E-state index < -0.39 is 6.10 Å². The molecule has 198 valence electrons. The first-order valence-corrected chi connectivity index (χ1v) is 13.4. The number of carbonyl (C=O) groups is 2. The molecule has 1 amide bonds. The van der Waals surface area contributed by atoms with Crippen LogP contribution in [0.4, 0.5) is 0 Å². The second-order valence-electron chi connectivity index (χ2n) is 10.4. The van der Waals surface area contributed by atoms with E-state index >= 15 is 0 Å². The molecule has 5 nitrogen and oxygen atoms in total. The van der Waals surface area contributed by atoms with E-state index in [1.54, 1.807) is 0 Å². The summed E-state index contributed by atoms with van der Waals surface area (Å²) in [6.45, 7) is 13.2. The average molecular weight is 511 g/mol. The fourth-order valence-electron chi connectivity index (χ4n) is 4.83. The molecule has 0 bridgehead atoms. The van der Waals surface area contributed by atoms with Crippen LogP contribution < -0.4 is 10.1 Å². The van der Waals surface area contributed by atoms with Crippen molar-refractivity contribution in [3.8, 4) is 5.75 Å². The van der Waals surface area contributed by atoms with Gasteiger partial charge in [-0.2, -0.15) is 0 Å². The Balaban J connectivity index is 1.56. The predicted octanol–water partition coefficient (Wildman–Crippen LogP) is 7.28. The third-order valence-electron chi connectivity index (χ3n) is 7.41. The van der Waals surface area contributed by atoms with Gasteiger partial charge in [-0.05, 0) is 85.7 Å². The van der Waals surface area contributed by atoms with Crippen molar-refractivity contribution in [3.05, 3.63) is 100 Å². The Hall–Kier alpha value is -3.86. The molecule has 4 aromatic rings. The van der Waals surface area contributed by atoms with Gasteiger partial charge < -0.3 is 14.6 Å². The lowest BCUT2D eigenvalue weighted by molar-refractivity contribution is -0.113. The summed E-state index contributed by atoms with van der Waals surface area (Å²) in [5.41, 5.74) is 7.51. The highest BCUT2D eigenvalue weighted by Gasteiger charge is 2.17. The number of fused-ring (bicyclic) bond motifs is 1. The van der Waals surface area contributed by atoms with Crippen LogP contribution in [-0.2, 0) is 11.3 Å². The molecular formula is C33H38N2O3. The van der Waals surface area contributed by atoms with Crippen molar-refractivity contribution in [2.24, 2.45) is 0 Å². The number of amides is 1. The van der Waals surface area contributed by atoms with Crippen LogP contribution in [0.15, 0.2) is 66.7 Å². The molecular weight excluding hydrogens is 472 g/mol. The van der Waals surface area contributed by atoms with Gasteiger partial charge in [-0.3, -0.25) is 9.59 Å². The first-order chi connectivity index (χ1) is 18.2. The minimum atomic E-state index is -0.437. The van der Waals surface area contributed by atoms with Crippen molar-refractivity contribution in [3.63, 3.8) is 0 Å². The lowest BCUT2D eigenvalue weighted by Gasteiger charge is -2.17. The molecule has 1 heterocycles. The SMILES string of the molecule is CC[C@H](C=O)Oc1cccc(Cn2c(C)c(C)c3cc(C(=O)N[C@@H](C)c4cccc(C(C)C)c4)ccc32)c1. The van der Waals surface area contributed by atoms with Crippen LogP contribution in [0, 0.1) is 13.8 Å². The molecule has 0 saturated heterocycles. The molecule has 4 rings (SSSR count). The van der Waals surface area contributed by atoms with Crippen molar-refractivity contribution >= 4 is 23.1 Å². The summed E-state index contributed by atoms with van der Waals surface area (Å²) < 4.78 is 8.08. The van der Waals surface area contributed by atoms with E-state index in [9.17, 15) is 9.59 Å². The Morgan fingerprint density at radius 3 is 2.42 bits per heavy atom. The minimum absolute atomic E-state index is 0.0790. The normalized spacial score (nSPS) is 12.9. The molecule has 1 aromatic heterocycles. The van der Waals surface area contributed by atoms with Crippen LogP contribution in [0.2, 0.25) is 0 Å². The Labute approximate surface area is 225 Å². The molecule has 3 aromatic carbocycles. The summed E-state index contributed by atoms with van der Waals surface area (Å²) in [7, 11) is 0. The maximum Gasteiger partial charge on any atom is 0.251 e. The van der Waals surface area contributed by atoms with Crippen molar-refractivity contribution in [2.45, 2.75) is 72.6 Å². The zero-order valence-electron chi connectivity index (χ0n) is 23.2. The molecule has 0 aliphatic heterocycles. The van der Waals surface area contributed by atoms with Crippen LogP contribution in [0.5, 0.6) is 5.75 Å². The molecule has 0 radical (unpaired) electrons. The number of aromatic nitrogens is 1. The van der Waals surface area contributed by atoms with E-state index in [1.165, 1.54) is 5.56 Å². The Morgan fingerprint density at radius 2 is 1.71 bits per heavy atom. The number of nitrogens with one attached hydrogen (secondary N) is 1. The number of ether oxygens (including phenoxy) is 1. The molecule has 0 unspecified atom stereocenters. The highest BCUT2D eigenvalue weighted by Crippen LogP contribution is 2.28. The first kappa shape index (κ1) is 27.2. The van der Waals surface area contributed by atoms with Crippen molar-refractivity contribution < 1.29 is 14.3 Å². The fraction of sp³-hybridized carbons (Fsp3) is 0.333. The second-order valence-corrected chi connectivity index (χ2v) is 10.4. The van der Waals surface area contributed by atoms with E-state index in [0.717, 1.165) is 39.6 Å². The van der Waals surface area contributed by atoms with Crippen LogP contribution in [-0.4, -0.2) is 22.9 Å². The maximum absolute atomic E-state index is 13.2. The fourth-order valence-corrected chi connectivity index (χ4v) is 4.83. The quantitative estimate of drug-likeness (QED) is 0.228. The summed E-state index contributed by atoms with van der Waals surface area (Å²) in [5, 5.41) is 4.24. The maximum atomic E-state index is 13.2. The smallest absolute Gasteiger partial charge is 0.251 e. The van der Waals surface area contributed by atoms with Gasteiger partial charge in [0.15, 0.2) is 12.4 Å². The van der Waals surface area contributed by atoms with Crippen molar-refractivity contribution in [1.82, 2.24) is 9.88 Å². The number of aldehydes is 1. The summed E-state index contributed by atoms with van der Waals surface area (Å²) in [5.74, 6) is 1.05. The van der Waals surface area contributed by atoms with Crippen molar-refractivity contribution in [1.29, 1.82) is 0 Å². The van der Waals surface area contributed by atoms with Crippen LogP contribution in [0.25, 0.3) is 10.9 Å². The molecule has 1 N–H and O–H groups in total. The van der Waals surface area contributed by atoms with Gasteiger partial charge in [0.05, 0.1) is 6.04 Å². The van der Waals surface area contributed by atoms with Gasteiger partial charge in [0.1, 0.15) is 5.75 Å². The lowest BCUT2D eigenvalue weighted by atomic mass is 9.98. The van der Waals surface area contributed by atoms with Crippen LogP contribution in [0.3, 0.4) is 0 Å². The highest BCUT2D eigenvalue weighted by molar-refractivity contribution is 5.99. The Kier molecular flexibility index (Phi) is 8.35. The van der Waals surface area contributed by atoms with Crippen LogP contribution in [0.1, 0.15) is 84.4 Å². The number of carbonyl (C=O) groups excluding carboxylic acids is 2. The van der Waals surface area contributed by atoms with Gasteiger partial charge in [0.2, 0.25) is 0 Å². The number of benzene rings is 3. The van der Waals surface area contributed by atoms with Crippen LogP contribution >= 0.6 is 0 Å². The van der Waals surface area contributed by atoms with Gasteiger partial charge >= 0.3 is 0 Å². The largest absolute Gasteiger partial charge is 0.483 e. The lowest BCUT2D eigenvalue weighted by Crippen LogP contribution is -2.26. The minimum Gasteiger partial charge on any atom is -0.483 e. The van der Waals surface area contributed by atoms with E-state index in [0.29, 0.717) is 30.2 Å². The average Bonchev–Trinajstić information content (AvgIpc) is 3.16. The van der Waals surface area contributed by atoms with Gasteiger partial charge in [0.25, 0.3) is 5.91 Å². The molecule has 0 fully saturated rings. The Bertz CT molecular complexity index is 1450. The third kappa shape index (κ3) is 5.83. The number of rotatable bonds is 10. The van der Waals surface area contributed by atoms with Gasteiger partial charge in [-0.1, -0.05) is 57.2 Å².